The van der Waals surface area contributed by atoms with E-state index in [0.717, 1.165) is 0 Å². The molecule has 1 aliphatic heterocycles. The average Bonchev–Trinajstić information content (AvgIpc) is 3.24. The van der Waals surface area contributed by atoms with Gasteiger partial charge < -0.3 is 37.8 Å². The Morgan fingerprint density at radius 1 is 1.06 bits per heavy atom. The van der Waals surface area contributed by atoms with Crippen LogP contribution in [0.1, 0.15) is 58.8 Å². The fourth-order valence-electron chi connectivity index (χ4n) is 3.63. The number of nitrogens with one attached hydrogen (secondary N) is 2. The van der Waals surface area contributed by atoms with E-state index in [0.29, 0.717) is 38.8 Å². The molecule has 4 amide bonds. The van der Waals surface area contributed by atoms with Gasteiger partial charge in [0, 0.05) is 13.0 Å². The van der Waals surface area contributed by atoms with Crippen LogP contribution < -0.4 is 27.8 Å². The zero-order valence-corrected chi connectivity index (χ0v) is 19.4. The van der Waals surface area contributed by atoms with E-state index in [4.69, 9.17) is 17.2 Å². The standard InChI is InChI=1S/C21H38N6O6/c1-12(2)17(24)20(31)27-11-5-7-15(27)19(30)25-13(6-3-4-10-22)18(29)26-14(21(32)33)8-9-16(23)28/h12-15,17H,3-11,22,24H2,1-2H3,(H2,23,28)(H,25,30)(H,26,29)(H,32,33). The molecule has 0 radical (unpaired) electrons. The van der Waals surface area contributed by atoms with E-state index in [2.05, 4.69) is 10.6 Å². The zero-order chi connectivity index (χ0) is 25.1. The molecule has 12 nitrogen and oxygen atoms in total. The molecule has 0 aromatic rings. The van der Waals surface area contributed by atoms with Crippen LogP contribution in [-0.2, 0) is 24.0 Å². The van der Waals surface area contributed by atoms with E-state index in [1.165, 1.54) is 4.90 Å². The first-order valence-electron chi connectivity index (χ1n) is 11.4. The highest BCUT2D eigenvalue weighted by Gasteiger charge is 2.38. The van der Waals surface area contributed by atoms with Crippen molar-refractivity contribution in [1.29, 1.82) is 0 Å². The molecular weight excluding hydrogens is 432 g/mol. The number of primary amides is 1. The molecule has 9 N–H and O–H groups in total. The summed E-state index contributed by atoms with van der Waals surface area (Å²) in [7, 11) is 0. The second-order valence-corrected chi connectivity index (χ2v) is 8.71. The second kappa shape index (κ2) is 13.7. The average molecular weight is 471 g/mol. The first kappa shape index (κ1) is 28.3. The molecule has 0 spiro atoms. The number of nitrogens with zero attached hydrogens (tertiary/aromatic N) is 1. The Labute approximate surface area is 194 Å². The Morgan fingerprint density at radius 3 is 2.27 bits per heavy atom. The predicted molar refractivity (Wildman–Crippen MR) is 120 cm³/mol. The first-order chi connectivity index (χ1) is 15.5. The molecule has 0 saturated carbocycles. The van der Waals surface area contributed by atoms with Gasteiger partial charge in [-0.2, -0.15) is 0 Å². The number of carbonyl (C=O) groups is 5. The molecule has 1 rings (SSSR count). The van der Waals surface area contributed by atoms with Crippen molar-refractivity contribution in [2.24, 2.45) is 23.1 Å². The van der Waals surface area contributed by atoms with Crippen LogP contribution in [-0.4, -0.2) is 76.9 Å². The molecule has 1 aliphatic rings. The topological polar surface area (TPSA) is 211 Å². The highest BCUT2D eigenvalue weighted by atomic mass is 16.4. The van der Waals surface area contributed by atoms with Gasteiger partial charge in [-0.25, -0.2) is 4.79 Å². The van der Waals surface area contributed by atoms with Crippen molar-refractivity contribution in [2.45, 2.75) is 83.0 Å². The molecule has 0 aliphatic carbocycles. The van der Waals surface area contributed by atoms with Gasteiger partial charge in [-0.1, -0.05) is 13.8 Å². The molecule has 4 atom stereocenters. The van der Waals surface area contributed by atoms with E-state index >= 15 is 0 Å². The van der Waals surface area contributed by atoms with Gasteiger partial charge in [0.15, 0.2) is 0 Å². The van der Waals surface area contributed by atoms with Crippen LogP contribution in [0.15, 0.2) is 0 Å². The van der Waals surface area contributed by atoms with Crippen LogP contribution in [0.4, 0.5) is 0 Å². The first-order valence-corrected chi connectivity index (χ1v) is 11.4. The maximum atomic E-state index is 13.0. The molecule has 0 bridgehead atoms. The normalized spacial score (nSPS) is 18.5. The van der Waals surface area contributed by atoms with Crippen LogP contribution in [0.5, 0.6) is 0 Å². The number of carboxylic acids is 1. The lowest BCUT2D eigenvalue weighted by atomic mass is 10.0. The second-order valence-electron chi connectivity index (χ2n) is 8.71. The zero-order valence-electron chi connectivity index (χ0n) is 19.4. The van der Waals surface area contributed by atoms with Crippen molar-refractivity contribution in [3.05, 3.63) is 0 Å². The van der Waals surface area contributed by atoms with Gasteiger partial charge in [-0.3, -0.25) is 19.2 Å². The van der Waals surface area contributed by atoms with E-state index in [1.807, 2.05) is 13.8 Å². The summed E-state index contributed by atoms with van der Waals surface area (Å²) in [5, 5.41) is 14.4. The number of amides is 4. The Hall–Kier alpha value is -2.73. The minimum absolute atomic E-state index is 0.0926. The van der Waals surface area contributed by atoms with Gasteiger partial charge in [0.05, 0.1) is 6.04 Å². The maximum Gasteiger partial charge on any atom is 0.326 e. The van der Waals surface area contributed by atoms with E-state index in [-0.39, 0.29) is 31.1 Å². The minimum Gasteiger partial charge on any atom is -0.480 e. The fraction of sp³-hybridized carbons (Fsp3) is 0.762. The highest BCUT2D eigenvalue weighted by molar-refractivity contribution is 5.94. The van der Waals surface area contributed by atoms with Gasteiger partial charge in [0.2, 0.25) is 23.6 Å². The van der Waals surface area contributed by atoms with Gasteiger partial charge in [0.1, 0.15) is 18.1 Å². The number of rotatable bonds is 14. The van der Waals surface area contributed by atoms with E-state index in [1.54, 1.807) is 0 Å². The number of likely N-dealkylation sites (tertiary alicyclic amines) is 1. The summed E-state index contributed by atoms with van der Waals surface area (Å²) < 4.78 is 0. The van der Waals surface area contributed by atoms with Crippen molar-refractivity contribution >= 4 is 29.6 Å². The lowest BCUT2D eigenvalue weighted by Gasteiger charge is -2.29. The molecular formula is C21H38N6O6. The number of unbranched alkanes of at least 4 members (excludes halogenated alkanes) is 1. The summed E-state index contributed by atoms with van der Waals surface area (Å²) >= 11 is 0. The number of hydrogen-bond donors (Lipinski definition) is 6. The number of carbonyl (C=O) groups excluding carboxylic acids is 4. The largest absolute Gasteiger partial charge is 0.480 e. The predicted octanol–water partition coefficient (Wildman–Crippen LogP) is -1.59. The van der Waals surface area contributed by atoms with Crippen molar-refractivity contribution in [2.75, 3.05) is 13.1 Å². The highest BCUT2D eigenvalue weighted by Crippen LogP contribution is 2.20. The molecule has 1 fully saturated rings. The molecule has 0 aromatic heterocycles. The number of carboxylic acid groups (broad SMARTS) is 1. The van der Waals surface area contributed by atoms with E-state index < -0.39 is 47.9 Å². The number of aliphatic carboxylic acids is 1. The minimum atomic E-state index is -1.33. The van der Waals surface area contributed by atoms with Gasteiger partial charge >= 0.3 is 5.97 Å². The molecule has 12 heteroatoms. The molecule has 188 valence electrons. The summed E-state index contributed by atoms with van der Waals surface area (Å²) in [5.41, 5.74) is 16.6. The Balaban J connectivity index is 2.91. The monoisotopic (exact) mass is 470 g/mol. The molecule has 33 heavy (non-hydrogen) atoms. The van der Waals surface area contributed by atoms with Crippen LogP contribution in [0.25, 0.3) is 0 Å². The Morgan fingerprint density at radius 2 is 1.73 bits per heavy atom. The molecule has 4 unspecified atom stereocenters. The van der Waals surface area contributed by atoms with Crippen molar-refractivity contribution in [1.82, 2.24) is 15.5 Å². The summed E-state index contributed by atoms with van der Waals surface area (Å²) in [4.78, 5) is 62.4. The quantitative estimate of drug-likeness (QED) is 0.162. The molecule has 1 heterocycles. The van der Waals surface area contributed by atoms with E-state index in [9.17, 15) is 29.1 Å². The lowest BCUT2D eigenvalue weighted by Crippen LogP contribution is -2.57. The van der Waals surface area contributed by atoms with Gasteiger partial charge in [0.25, 0.3) is 0 Å². The smallest absolute Gasteiger partial charge is 0.326 e. The lowest BCUT2D eigenvalue weighted by molar-refractivity contribution is -0.143. The maximum absolute atomic E-state index is 13.0. The van der Waals surface area contributed by atoms with Crippen molar-refractivity contribution in [3.8, 4) is 0 Å². The summed E-state index contributed by atoms with van der Waals surface area (Å²) in [5.74, 6) is -3.59. The number of hydrogen-bond acceptors (Lipinski definition) is 7. The number of nitrogens with two attached hydrogens (primary N) is 3. The summed E-state index contributed by atoms with van der Waals surface area (Å²) in [6.45, 7) is 4.44. The van der Waals surface area contributed by atoms with Crippen LogP contribution >= 0.6 is 0 Å². The Bertz CT molecular complexity index is 715. The van der Waals surface area contributed by atoms with Gasteiger partial charge in [-0.05, 0) is 51.0 Å². The molecule has 1 saturated heterocycles. The van der Waals surface area contributed by atoms with Crippen LogP contribution in [0.3, 0.4) is 0 Å². The fourth-order valence-corrected chi connectivity index (χ4v) is 3.63. The SMILES string of the molecule is CC(C)C(N)C(=O)N1CCCC1C(=O)NC(CCCCN)C(=O)NC(CCC(N)=O)C(=O)O. The Kier molecular flexibility index (Phi) is 11.8. The third-order valence-electron chi connectivity index (χ3n) is 5.72. The van der Waals surface area contributed by atoms with Crippen molar-refractivity contribution in [3.63, 3.8) is 0 Å². The third kappa shape index (κ3) is 8.97. The molecule has 0 aromatic carbocycles. The third-order valence-corrected chi connectivity index (χ3v) is 5.72. The summed E-state index contributed by atoms with van der Waals surface area (Å²) in [6.07, 6.45) is 2.07. The van der Waals surface area contributed by atoms with Crippen LogP contribution in [0.2, 0.25) is 0 Å². The van der Waals surface area contributed by atoms with Gasteiger partial charge in [-0.15, -0.1) is 0 Å². The van der Waals surface area contributed by atoms with Crippen LogP contribution in [0, 0.1) is 5.92 Å². The summed E-state index contributed by atoms with van der Waals surface area (Å²) in [6, 6.07) is -3.83. The van der Waals surface area contributed by atoms with Crippen molar-refractivity contribution < 1.29 is 29.1 Å².